The molecule has 0 atom stereocenters. The lowest BCUT2D eigenvalue weighted by atomic mass is 9.71. The molecule has 9 heteroatoms. The highest BCUT2D eigenvalue weighted by molar-refractivity contribution is 7.90. The van der Waals surface area contributed by atoms with E-state index in [0.717, 1.165) is 65.9 Å². The summed E-state index contributed by atoms with van der Waals surface area (Å²) in [6, 6.07) is 4.28. The highest BCUT2D eigenvalue weighted by Crippen LogP contribution is 2.49. The molecule has 0 unspecified atom stereocenters. The fourth-order valence-electron chi connectivity index (χ4n) is 5.13. The summed E-state index contributed by atoms with van der Waals surface area (Å²) in [7, 11) is -1.17. The van der Waals surface area contributed by atoms with Crippen LogP contribution in [-0.4, -0.2) is 56.1 Å². The van der Waals surface area contributed by atoms with E-state index >= 15 is 0 Å². The third kappa shape index (κ3) is 4.94. The molecule has 1 aromatic carbocycles. The van der Waals surface area contributed by atoms with Crippen molar-refractivity contribution in [1.82, 2.24) is 9.97 Å². The maximum atomic E-state index is 11.9. The summed E-state index contributed by atoms with van der Waals surface area (Å²) in [6.07, 6.45) is 7.33. The summed E-state index contributed by atoms with van der Waals surface area (Å²) >= 11 is 0. The van der Waals surface area contributed by atoms with Gasteiger partial charge in [-0.15, -0.1) is 0 Å². The lowest BCUT2D eigenvalue weighted by molar-refractivity contribution is 0.147. The Labute approximate surface area is 196 Å². The Morgan fingerprint density at radius 3 is 2.55 bits per heavy atom. The quantitative estimate of drug-likeness (QED) is 0.656. The number of hydrogen-bond donors (Lipinski definition) is 2. The van der Waals surface area contributed by atoms with Crippen molar-refractivity contribution in [2.24, 2.45) is 5.73 Å². The molecule has 1 aromatic heterocycles. The summed E-state index contributed by atoms with van der Waals surface area (Å²) in [4.78, 5) is 10.8. The SMILES string of the molecule is CN(CCS(C)(=O)=O)c1c(OC2CCC(N)CC2)ccc2c1CC(C)(C)c1c(N)ncnc1-2. The third-order valence-electron chi connectivity index (χ3n) is 6.86. The number of rotatable bonds is 6. The molecule has 180 valence electrons. The van der Waals surface area contributed by atoms with E-state index in [-0.39, 0.29) is 23.3 Å². The van der Waals surface area contributed by atoms with Gasteiger partial charge in [-0.3, -0.25) is 0 Å². The molecule has 0 aliphatic heterocycles. The lowest BCUT2D eigenvalue weighted by Crippen LogP contribution is -2.34. The first-order valence-corrected chi connectivity index (χ1v) is 13.6. The zero-order valence-corrected chi connectivity index (χ0v) is 20.8. The van der Waals surface area contributed by atoms with Crippen molar-refractivity contribution in [3.8, 4) is 17.0 Å². The van der Waals surface area contributed by atoms with Crippen LogP contribution < -0.4 is 21.1 Å². The molecule has 4 N–H and O–H groups in total. The van der Waals surface area contributed by atoms with Crippen molar-refractivity contribution in [3.05, 3.63) is 29.6 Å². The molecule has 8 nitrogen and oxygen atoms in total. The fraction of sp³-hybridized carbons (Fsp3) is 0.583. The summed E-state index contributed by atoms with van der Waals surface area (Å²) < 4.78 is 30.3. The van der Waals surface area contributed by atoms with Crippen LogP contribution in [0, 0.1) is 0 Å². The van der Waals surface area contributed by atoms with Crippen LogP contribution in [0.1, 0.15) is 50.7 Å². The Balaban J connectivity index is 1.81. The van der Waals surface area contributed by atoms with Gasteiger partial charge in [-0.1, -0.05) is 13.8 Å². The van der Waals surface area contributed by atoms with E-state index in [2.05, 4.69) is 23.8 Å². The zero-order valence-electron chi connectivity index (χ0n) is 20.0. The van der Waals surface area contributed by atoms with E-state index < -0.39 is 9.84 Å². The highest BCUT2D eigenvalue weighted by atomic mass is 32.2. The van der Waals surface area contributed by atoms with Gasteiger partial charge in [-0.2, -0.15) is 0 Å². The molecule has 2 aliphatic rings. The Bertz CT molecular complexity index is 1140. The minimum absolute atomic E-state index is 0.0694. The van der Waals surface area contributed by atoms with E-state index in [4.69, 9.17) is 16.2 Å². The predicted molar refractivity (Wildman–Crippen MR) is 132 cm³/mol. The van der Waals surface area contributed by atoms with Crippen molar-refractivity contribution in [2.75, 3.05) is 36.2 Å². The Hall–Kier alpha value is -2.39. The molecular weight excluding hydrogens is 438 g/mol. The number of ether oxygens (including phenoxy) is 1. The lowest BCUT2D eigenvalue weighted by Gasteiger charge is -2.37. The van der Waals surface area contributed by atoms with Gasteiger partial charge in [0.05, 0.1) is 23.2 Å². The number of nitrogens with two attached hydrogens (primary N) is 2. The van der Waals surface area contributed by atoms with E-state index in [0.29, 0.717) is 12.4 Å². The molecule has 1 heterocycles. The van der Waals surface area contributed by atoms with Gasteiger partial charge in [0.2, 0.25) is 0 Å². The van der Waals surface area contributed by atoms with E-state index in [1.165, 1.54) is 12.6 Å². The molecule has 2 aromatic rings. The molecule has 0 bridgehead atoms. The van der Waals surface area contributed by atoms with E-state index in [1.807, 2.05) is 24.1 Å². The second kappa shape index (κ2) is 8.76. The summed E-state index contributed by atoms with van der Waals surface area (Å²) in [5.74, 6) is 1.35. The average Bonchev–Trinajstić information content (AvgIpc) is 2.72. The monoisotopic (exact) mass is 473 g/mol. The first-order valence-electron chi connectivity index (χ1n) is 11.5. The second-order valence-electron chi connectivity index (χ2n) is 10.2. The predicted octanol–water partition coefficient (Wildman–Crippen LogP) is 2.69. The number of hydrogen-bond acceptors (Lipinski definition) is 8. The van der Waals surface area contributed by atoms with Crippen LogP contribution in [0.25, 0.3) is 11.3 Å². The normalized spacial score (nSPS) is 21.7. The minimum Gasteiger partial charge on any atom is -0.488 e. The number of sulfone groups is 1. The molecule has 0 radical (unpaired) electrons. The maximum absolute atomic E-state index is 11.9. The molecule has 33 heavy (non-hydrogen) atoms. The molecule has 1 fully saturated rings. The average molecular weight is 474 g/mol. The molecule has 4 rings (SSSR count). The first-order chi connectivity index (χ1) is 15.5. The third-order valence-corrected chi connectivity index (χ3v) is 7.79. The van der Waals surface area contributed by atoms with Gasteiger partial charge in [0.15, 0.2) is 0 Å². The van der Waals surface area contributed by atoms with E-state index in [1.54, 1.807) is 0 Å². The van der Waals surface area contributed by atoms with Gasteiger partial charge < -0.3 is 21.1 Å². The van der Waals surface area contributed by atoms with Gasteiger partial charge in [-0.25, -0.2) is 18.4 Å². The summed E-state index contributed by atoms with van der Waals surface area (Å²) in [6.45, 7) is 4.66. The van der Waals surface area contributed by atoms with Gasteiger partial charge in [0, 0.05) is 37.0 Å². The van der Waals surface area contributed by atoms with Gasteiger partial charge >= 0.3 is 0 Å². The molecular formula is C24H35N5O3S. The molecule has 0 spiro atoms. The zero-order chi connectivity index (χ0) is 24.0. The van der Waals surface area contributed by atoms with Crippen molar-refractivity contribution < 1.29 is 13.2 Å². The van der Waals surface area contributed by atoms with Crippen LogP contribution in [0.5, 0.6) is 5.75 Å². The molecule has 2 aliphatic carbocycles. The number of nitrogen functional groups attached to an aromatic ring is 1. The number of anilines is 2. The van der Waals surface area contributed by atoms with Crippen LogP contribution in [0.2, 0.25) is 0 Å². The topological polar surface area (TPSA) is 124 Å². The van der Waals surface area contributed by atoms with Gasteiger partial charge in [0.1, 0.15) is 27.7 Å². The van der Waals surface area contributed by atoms with Gasteiger partial charge in [-0.05, 0) is 55.2 Å². The standard InChI is InChI=1S/C24H35N5O3S/c1-24(2)13-18-17(21-20(24)23(26)28-14-27-21)9-10-19(32-16-7-5-15(25)6-8-16)22(18)29(3)11-12-33(4,30)31/h9-10,14-16H,5-8,11-13,25H2,1-4H3,(H2,26,27,28). The largest absolute Gasteiger partial charge is 0.488 e. The van der Waals surface area contributed by atoms with E-state index in [9.17, 15) is 8.42 Å². The van der Waals surface area contributed by atoms with Crippen molar-refractivity contribution in [2.45, 2.75) is 63.5 Å². The van der Waals surface area contributed by atoms with Crippen LogP contribution in [0.3, 0.4) is 0 Å². The number of nitrogens with zero attached hydrogens (tertiary/aromatic N) is 3. The van der Waals surface area contributed by atoms with Crippen LogP contribution >= 0.6 is 0 Å². The Morgan fingerprint density at radius 2 is 1.88 bits per heavy atom. The summed E-state index contributed by atoms with van der Waals surface area (Å²) in [5.41, 5.74) is 16.9. The molecule has 0 saturated heterocycles. The van der Waals surface area contributed by atoms with Crippen LogP contribution in [0.4, 0.5) is 11.5 Å². The molecule has 1 saturated carbocycles. The minimum atomic E-state index is -3.11. The fourth-order valence-corrected chi connectivity index (χ4v) is 5.74. The van der Waals surface area contributed by atoms with Gasteiger partial charge in [0.25, 0.3) is 0 Å². The van der Waals surface area contributed by atoms with Crippen molar-refractivity contribution in [3.63, 3.8) is 0 Å². The number of fused-ring (bicyclic) bond motifs is 3. The first kappa shape index (κ1) is 23.8. The number of benzene rings is 1. The van der Waals surface area contributed by atoms with Crippen molar-refractivity contribution in [1.29, 1.82) is 0 Å². The number of aromatic nitrogens is 2. The highest BCUT2D eigenvalue weighted by Gasteiger charge is 2.37. The Kier molecular flexibility index (Phi) is 6.30. The van der Waals surface area contributed by atoms with Crippen LogP contribution in [0.15, 0.2) is 18.5 Å². The Morgan fingerprint density at radius 1 is 1.18 bits per heavy atom. The summed E-state index contributed by atoms with van der Waals surface area (Å²) in [5, 5.41) is 0. The smallest absolute Gasteiger partial charge is 0.149 e. The molecule has 0 amide bonds. The maximum Gasteiger partial charge on any atom is 0.149 e. The second-order valence-corrected chi connectivity index (χ2v) is 12.4. The van der Waals surface area contributed by atoms with Crippen molar-refractivity contribution >= 4 is 21.3 Å². The van der Waals surface area contributed by atoms with Crippen LogP contribution in [-0.2, 0) is 21.7 Å².